The minimum absolute atomic E-state index is 0.0955. The number of carbonyl (C=O) groups is 1. The molecular weight excluding hydrogens is 174 g/mol. The second kappa shape index (κ2) is 5.50. The summed E-state index contributed by atoms with van der Waals surface area (Å²) in [5.41, 5.74) is 0. The summed E-state index contributed by atoms with van der Waals surface area (Å²) in [5, 5.41) is 0. The van der Waals surface area contributed by atoms with E-state index in [4.69, 9.17) is 0 Å². The third-order valence-corrected chi connectivity index (χ3v) is 3.60. The zero-order valence-corrected chi connectivity index (χ0v) is 9.75. The van der Waals surface area contributed by atoms with Gasteiger partial charge < -0.3 is 0 Å². The smallest absolute Gasteiger partial charge is 0.146 e. The molecule has 0 spiro atoms. The molecule has 0 amide bonds. The molecule has 2 heteroatoms. The Balaban J connectivity index is 2.48. The lowest BCUT2D eigenvalue weighted by Gasteiger charge is -2.31. The summed E-state index contributed by atoms with van der Waals surface area (Å²) < 4.78 is 0. The van der Waals surface area contributed by atoms with Crippen LogP contribution in [0.1, 0.15) is 52.4 Å². The van der Waals surface area contributed by atoms with Crippen LogP contribution < -0.4 is 0 Å². The van der Waals surface area contributed by atoms with Gasteiger partial charge in [0.15, 0.2) is 0 Å². The van der Waals surface area contributed by atoms with E-state index in [2.05, 4.69) is 11.9 Å². The van der Waals surface area contributed by atoms with Crippen LogP contribution >= 0.6 is 0 Å². The molecule has 1 unspecified atom stereocenters. The SMILES string of the molecule is CC(=O)C(C)N(C)C1CCCCCC1. The molecule has 14 heavy (non-hydrogen) atoms. The molecule has 0 aromatic rings. The topological polar surface area (TPSA) is 20.3 Å². The summed E-state index contributed by atoms with van der Waals surface area (Å²) in [6.45, 7) is 3.71. The number of ketones is 1. The molecule has 1 atom stereocenters. The number of hydrogen-bond donors (Lipinski definition) is 0. The fourth-order valence-corrected chi connectivity index (χ4v) is 2.27. The van der Waals surface area contributed by atoms with Crippen molar-refractivity contribution in [3.05, 3.63) is 0 Å². The van der Waals surface area contributed by atoms with Gasteiger partial charge in [0.1, 0.15) is 5.78 Å². The molecule has 0 N–H and O–H groups in total. The average molecular weight is 197 g/mol. The molecule has 0 aromatic carbocycles. The lowest BCUT2D eigenvalue weighted by atomic mass is 10.0. The van der Waals surface area contributed by atoms with E-state index in [-0.39, 0.29) is 11.8 Å². The van der Waals surface area contributed by atoms with Gasteiger partial charge >= 0.3 is 0 Å². The van der Waals surface area contributed by atoms with Gasteiger partial charge in [0.05, 0.1) is 6.04 Å². The Morgan fingerprint density at radius 3 is 2.14 bits per heavy atom. The van der Waals surface area contributed by atoms with Gasteiger partial charge in [-0.15, -0.1) is 0 Å². The Kier molecular flexibility index (Phi) is 4.59. The number of nitrogens with zero attached hydrogens (tertiary/aromatic N) is 1. The fourth-order valence-electron chi connectivity index (χ4n) is 2.27. The third-order valence-electron chi connectivity index (χ3n) is 3.60. The summed E-state index contributed by atoms with van der Waals surface area (Å²) in [4.78, 5) is 13.5. The molecule has 0 heterocycles. The van der Waals surface area contributed by atoms with Crippen molar-refractivity contribution in [2.24, 2.45) is 0 Å². The van der Waals surface area contributed by atoms with Crippen molar-refractivity contribution in [3.8, 4) is 0 Å². The van der Waals surface area contributed by atoms with Gasteiger partial charge in [-0.25, -0.2) is 0 Å². The van der Waals surface area contributed by atoms with Crippen LogP contribution in [0.2, 0.25) is 0 Å². The maximum atomic E-state index is 11.3. The first-order valence-corrected chi connectivity index (χ1v) is 5.85. The molecule has 0 aliphatic heterocycles. The molecule has 0 bridgehead atoms. The summed E-state index contributed by atoms with van der Waals surface area (Å²) in [6, 6.07) is 0.731. The molecule has 1 fully saturated rings. The van der Waals surface area contributed by atoms with E-state index in [9.17, 15) is 4.79 Å². The Morgan fingerprint density at radius 1 is 1.21 bits per heavy atom. The Hall–Kier alpha value is -0.370. The highest BCUT2D eigenvalue weighted by atomic mass is 16.1. The minimum atomic E-state index is 0.0955. The Bertz CT molecular complexity index is 183. The monoisotopic (exact) mass is 197 g/mol. The predicted molar refractivity (Wildman–Crippen MR) is 59.4 cm³/mol. The molecular formula is C12H23NO. The van der Waals surface area contributed by atoms with Gasteiger partial charge in [-0.05, 0) is 33.7 Å². The number of Topliss-reactive ketones (excluding diaryl/α,β-unsaturated/α-hetero) is 1. The Labute approximate surface area is 87.7 Å². The highest BCUT2D eigenvalue weighted by Crippen LogP contribution is 2.22. The summed E-state index contributed by atoms with van der Waals surface area (Å²) >= 11 is 0. The first-order valence-electron chi connectivity index (χ1n) is 5.85. The van der Waals surface area contributed by atoms with Gasteiger partial charge in [0.2, 0.25) is 0 Å². The molecule has 0 saturated heterocycles. The predicted octanol–water partition coefficient (Wildman–Crippen LogP) is 2.62. The quantitative estimate of drug-likeness (QED) is 0.648. The van der Waals surface area contributed by atoms with Crippen molar-refractivity contribution in [2.45, 2.75) is 64.5 Å². The normalized spacial score (nSPS) is 22.0. The molecule has 2 nitrogen and oxygen atoms in total. The van der Waals surface area contributed by atoms with Gasteiger partial charge in [0, 0.05) is 6.04 Å². The highest BCUT2D eigenvalue weighted by Gasteiger charge is 2.22. The standard InChI is InChI=1S/C12H23NO/c1-10(11(2)14)13(3)12-8-6-4-5-7-9-12/h10,12H,4-9H2,1-3H3. The van der Waals surface area contributed by atoms with Crippen LogP contribution in [-0.4, -0.2) is 29.8 Å². The van der Waals surface area contributed by atoms with Gasteiger partial charge in [-0.3, -0.25) is 9.69 Å². The van der Waals surface area contributed by atoms with Crippen molar-refractivity contribution < 1.29 is 4.79 Å². The molecule has 1 rings (SSSR count). The van der Waals surface area contributed by atoms with E-state index >= 15 is 0 Å². The molecule has 1 saturated carbocycles. The first kappa shape index (κ1) is 11.7. The zero-order valence-electron chi connectivity index (χ0n) is 9.75. The third kappa shape index (κ3) is 3.09. The van der Waals surface area contributed by atoms with E-state index in [0.29, 0.717) is 6.04 Å². The number of carbonyl (C=O) groups excluding carboxylic acids is 1. The van der Waals surface area contributed by atoms with E-state index in [0.717, 1.165) is 0 Å². The number of hydrogen-bond acceptors (Lipinski definition) is 2. The van der Waals surface area contributed by atoms with E-state index in [1.165, 1.54) is 38.5 Å². The summed E-state index contributed by atoms with van der Waals surface area (Å²) in [7, 11) is 2.10. The van der Waals surface area contributed by atoms with Gasteiger partial charge in [-0.1, -0.05) is 25.7 Å². The first-order chi connectivity index (χ1) is 6.63. The fraction of sp³-hybridized carbons (Fsp3) is 0.917. The van der Waals surface area contributed by atoms with E-state index < -0.39 is 0 Å². The van der Waals surface area contributed by atoms with E-state index in [1.807, 2.05) is 6.92 Å². The van der Waals surface area contributed by atoms with Crippen molar-refractivity contribution in [2.75, 3.05) is 7.05 Å². The summed E-state index contributed by atoms with van der Waals surface area (Å²) in [5.74, 6) is 0.289. The molecule has 1 aliphatic rings. The van der Waals surface area contributed by atoms with Crippen LogP contribution in [-0.2, 0) is 4.79 Å². The van der Waals surface area contributed by atoms with Crippen molar-refractivity contribution in [1.82, 2.24) is 4.90 Å². The lowest BCUT2D eigenvalue weighted by Crippen LogP contribution is -2.42. The van der Waals surface area contributed by atoms with Gasteiger partial charge in [-0.2, -0.15) is 0 Å². The maximum absolute atomic E-state index is 11.3. The zero-order chi connectivity index (χ0) is 10.6. The van der Waals surface area contributed by atoms with Crippen molar-refractivity contribution in [3.63, 3.8) is 0 Å². The second-order valence-corrected chi connectivity index (χ2v) is 4.60. The highest BCUT2D eigenvalue weighted by molar-refractivity contribution is 5.80. The Morgan fingerprint density at radius 2 is 1.71 bits per heavy atom. The second-order valence-electron chi connectivity index (χ2n) is 4.60. The van der Waals surface area contributed by atoms with Crippen LogP contribution in [0, 0.1) is 0 Å². The number of likely N-dealkylation sites (N-methyl/N-ethyl adjacent to an activating group) is 1. The van der Waals surface area contributed by atoms with Crippen LogP contribution in [0.5, 0.6) is 0 Å². The molecule has 82 valence electrons. The summed E-state index contributed by atoms with van der Waals surface area (Å²) in [6.07, 6.45) is 7.96. The van der Waals surface area contributed by atoms with Crippen molar-refractivity contribution >= 4 is 5.78 Å². The van der Waals surface area contributed by atoms with E-state index in [1.54, 1.807) is 6.92 Å². The van der Waals surface area contributed by atoms with Crippen LogP contribution in [0.15, 0.2) is 0 Å². The van der Waals surface area contributed by atoms with Crippen LogP contribution in [0.25, 0.3) is 0 Å². The average Bonchev–Trinajstić information content (AvgIpc) is 2.43. The van der Waals surface area contributed by atoms with Crippen molar-refractivity contribution in [1.29, 1.82) is 0 Å². The maximum Gasteiger partial charge on any atom is 0.146 e. The van der Waals surface area contributed by atoms with Gasteiger partial charge in [0.25, 0.3) is 0 Å². The lowest BCUT2D eigenvalue weighted by molar-refractivity contribution is -0.122. The minimum Gasteiger partial charge on any atom is -0.298 e. The van der Waals surface area contributed by atoms with Crippen LogP contribution in [0.3, 0.4) is 0 Å². The largest absolute Gasteiger partial charge is 0.298 e. The van der Waals surface area contributed by atoms with Crippen LogP contribution in [0.4, 0.5) is 0 Å². The number of rotatable bonds is 3. The molecule has 0 aromatic heterocycles. The molecule has 1 aliphatic carbocycles. The molecule has 0 radical (unpaired) electrons.